The Morgan fingerprint density at radius 3 is 2.68 bits per heavy atom. The number of carbonyl (C=O) groups is 3. The summed E-state index contributed by atoms with van der Waals surface area (Å²) < 4.78 is 2.45. The number of carboxylic acid groups (broad SMARTS) is 1. The van der Waals surface area contributed by atoms with Gasteiger partial charge >= 0.3 is 6.09 Å². The Kier molecular flexibility index (Phi) is 8.14. The van der Waals surface area contributed by atoms with Crippen LogP contribution in [-0.2, 0) is 16.1 Å². The van der Waals surface area contributed by atoms with Gasteiger partial charge in [-0.05, 0) is 43.2 Å². The van der Waals surface area contributed by atoms with Crippen molar-refractivity contribution in [2.24, 2.45) is 0 Å². The first kappa shape index (κ1) is 24.6. The number of benzene rings is 1. The lowest BCUT2D eigenvalue weighted by Gasteiger charge is -2.16. The zero-order chi connectivity index (χ0) is 24.7. The average molecular weight is 484 g/mol. The van der Waals surface area contributed by atoms with Crippen LogP contribution in [0.15, 0.2) is 59.5 Å². The summed E-state index contributed by atoms with van der Waals surface area (Å²) in [4.78, 5) is 54.3. The molecule has 3 aromatic rings. The van der Waals surface area contributed by atoms with E-state index >= 15 is 0 Å². The molecular weight excluding hydrogens is 458 g/mol. The molecule has 3 rings (SSSR count). The van der Waals surface area contributed by atoms with Gasteiger partial charge < -0.3 is 25.2 Å². The molecule has 1 aromatic carbocycles. The zero-order valence-corrected chi connectivity index (χ0v) is 19.5. The van der Waals surface area contributed by atoms with Crippen LogP contribution in [-0.4, -0.2) is 57.6 Å². The highest BCUT2D eigenvalue weighted by atomic mass is 32.1. The number of carbonyl (C=O) groups excluding carboxylic acids is 2. The van der Waals surface area contributed by atoms with Crippen molar-refractivity contribution in [2.45, 2.75) is 25.4 Å². The number of anilines is 1. The van der Waals surface area contributed by atoms with Gasteiger partial charge in [-0.25, -0.2) is 9.78 Å². The maximum atomic E-state index is 12.9. The van der Waals surface area contributed by atoms with Gasteiger partial charge in [-0.2, -0.15) is 0 Å². The molecule has 178 valence electrons. The third-order valence-electron chi connectivity index (χ3n) is 4.86. The lowest BCUT2D eigenvalue weighted by Crippen LogP contribution is -2.44. The van der Waals surface area contributed by atoms with E-state index in [9.17, 15) is 19.2 Å². The molecule has 10 nitrogen and oxygen atoms in total. The van der Waals surface area contributed by atoms with Crippen LogP contribution in [0.25, 0.3) is 10.2 Å². The molecule has 0 radical (unpaired) electrons. The highest BCUT2D eigenvalue weighted by molar-refractivity contribution is 7.18. The molecule has 0 aliphatic rings. The third-order valence-corrected chi connectivity index (χ3v) is 5.88. The summed E-state index contributed by atoms with van der Waals surface area (Å²) in [5.74, 6) is -0.880. The molecule has 11 heteroatoms. The van der Waals surface area contributed by atoms with Gasteiger partial charge in [-0.3, -0.25) is 14.4 Å². The molecule has 0 aliphatic carbocycles. The maximum Gasteiger partial charge on any atom is 0.405 e. The second kappa shape index (κ2) is 11.2. The van der Waals surface area contributed by atoms with E-state index in [-0.39, 0.29) is 31.0 Å². The SMILES string of the molecule is CN(C)C(=O)C=CCCC(NC(=O)O)C(=O)Nc1cccn(Cc2nc3ccccc3s2)c1=O. The van der Waals surface area contributed by atoms with E-state index in [1.807, 2.05) is 24.3 Å². The number of para-hydroxylation sites is 1. The lowest BCUT2D eigenvalue weighted by atomic mass is 10.1. The number of hydrogen-bond acceptors (Lipinski definition) is 6. The Morgan fingerprint density at radius 2 is 1.97 bits per heavy atom. The molecule has 0 aliphatic heterocycles. The first-order chi connectivity index (χ1) is 16.2. The highest BCUT2D eigenvalue weighted by Crippen LogP contribution is 2.22. The minimum atomic E-state index is -1.37. The van der Waals surface area contributed by atoms with Crippen LogP contribution >= 0.6 is 11.3 Å². The van der Waals surface area contributed by atoms with Gasteiger partial charge in [0.15, 0.2) is 0 Å². The maximum absolute atomic E-state index is 12.9. The number of allylic oxidation sites excluding steroid dienone is 1. The molecule has 0 spiro atoms. The molecule has 1 unspecified atom stereocenters. The fraction of sp³-hybridized carbons (Fsp3) is 0.261. The van der Waals surface area contributed by atoms with Gasteiger partial charge in [-0.1, -0.05) is 18.2 Å². The van der Waals surface area contributed by atoms with Crippen molar-refractivity contribution in [3.8, 4) is 0 Å². The monoisotopic (exact) mass is 483 g/mol. The summed E-state index contributed by atoms with van der Waals surface area (Å²) in [5, 5.41) is 14.5. The molecule has 3 amide bonds. The smallest absolute Gasteiger partial charge is 0.405 e. The Balaban J connectivity index is 1.70. The number of nitrogens with zero attached hydrogens (tertiary/aromatic N) is 3. The van der Waals surface area contributed by atoms with Crippen molar-refractivity contribution in [3.05, 3.63) is 70.1 Å². The molecule has 3 N–H and O–H groups in total. The van der Waals surface area contributed by atoms with Gasteiger partial charge in [0.1, 0.15) is 16.7 Å². The predicted octanol–water partition coefficient (Wildman–Crippen LogP) is 2.51. The van der Waals surface area contributed by atoms with Crippen molar-refractivity contribution in [1.82, 2.24) is 19.8 Å². The summed E-state index contributed by atoms with van der Waals surface area (Å²) in [5.41, 5.74) is 0.453. The van der Waals surface area contributed by atoms with Gasteiger partial charge in [0.25, 0.3) is 5.56 Å². The number of rotatable bonds is 9. The molecule has 0 saturated heterocycles. The summed E-state index contributed by atoms with van der Waals surface area (Å²) in [6.07, 6.45) is 3.56. The minimum Gasteiger partial charge on any atom is -0.465 e. The quantitative estimate of drug-likeness (QED) is 0.401. The second-order valence-corrected chi connectivity index (χ2v) is 8.75. The van der Waals surface area contributed by atoms with Gasteiger partial charge in [0.05, 0.1) is 16.8 Å². The normalized spacial score (nSPS) is 11.9. The Bertz CT molecular complexity index is 1250. The summed E-state index contributed by atoms with van der Waals surface area (Å²) in [6, 6.07) is 9.65. The Labute approximate surface area is 199 Å². The van der Waals surface area contributed by atoms with Crippen molar-refractivity contribution in [1.29, 1.82) is 0 Å². The molecule has 2 aromatic heterocycles. The van der Waals surface area contributed by atoms with E-state index < -0.39 is 23.6 Å². The van der Waals surface area contributed by atoms with E-state index in [1.54, 1.807) is 32.4 Å². The van der Waals surface area contributed by atoms with Crippen LogP contribution < -0.4 is 16.2 Å². The zero-order valence-electron chi connectivity index (χ0n) is 18.7. The largest absolute Gasteiger partial charge is 0.465 e. The lowest BCUT2D eigenvalue weighted by molar-refractivity contribution is -0.123. The standard InChI is InChI=1S/C23H25N5O5S/c1-27(2)20(29)12-6-4-9-16(26-23(32)33)21(30)25-17-10-7-13-28(22(17)31)14-19-24-15-8-3-5-11-18(15)34-19/h3,5-8,10-13,16,26H,4,9,14H2,1-2H3,(H,25,30)(H,32,33). The van der Waals surface area contributed by atoms with Crippen LogP contribution in [0, 0.1) is 0 Å². The summed E-state index contributed by atoms with van der Waals surface area (Å²) in [7, 11) is 3.22. The van der Waals surface area contributed by atoms with Crippen molar-refractivity contribution in [2.75, 3.05) is 19.4 Å². The first-order valence-corrected chi connectivity index (χ1v) is 11.3. The Morgan fingerprint density at radius 1 is 1.21 bits per heavy atom. The number of amides is 3. The summed E-state index contributed by atoms with van der Waals surface area (Å²) in [6.45, 7) is 0.239. The molecule has 0 bridgehead atoms. The van der Waals surface area contributed by atoms with Crippen LogP contribution in [0.4, 0.5) is 10.5 Å². The number of thiazole rings is 1. The number of aromatic nitrogens is 2. The molecule has 1 atom stereocenters. The van der Waals surface area contributed by atoms with Crippen LogP contribution in [0.3, 0.4) is 0 Å². The van der Waals surface area contributed by atoms with Crippen LogP contribution in [0.5, 0.6) is 0 Å². The fourth-order valence-electron chi connectivity index (χ4n) is 3.12. The van der Waals surface area contributed by atoms with Gasteiger partial charge in [0.2, 0.25) is 11.8 Å². The number of pyridine rings is 1. The highest BCUT2D eigenvalue weighted by Gasteiger charge is 2.21. The predicted molar refractivity (Wildman–Crippen MR) is 130 cm³/mol. The van der Waals surface area contributed by atoms with E-state index in [2.05, 4.69) is 15.6 Å². The number of nitrogens with one attached hydrogen (secondary N) is 2. The van der Waals surface area contributed by atoms with E-state index in [4.69, 9.17) is 5.11 Å². The van der Waals surface area contributed by atoms with Crippen molar-refractivity contribution in [3.63, 3.8) is 0 Å². The Hall–Kier alpha value is -3.99. The minimum absolute atomic E-state index is 0.0316. The molecule has 34 heavy (non-hydrogen) atoms. The fourth-order valence-corrected chi connectivity index (χ4v) is 4.09. The van der Waals surface area contributed by atoms with E-state index in [1.165, 1.54) is 32.9 Å². The van der Waals surface area contributed by atoms with Crippen molar-refractivity contribution >= 4 is 45.1 Å². The molecule has 0 fully saturated rings. The molecule has 0 saturated carbocycles. The van der Waals surface area contributed by atoms with Gasteiger partial charge in [0, 0.05) is 20.3 Å². The number of hydrogen-bond donors (Lipinski definition) is 3. The number of fused-ring (bicyclic) bond motifs is 1. The third kappa shape index (κ3) is 6.51. The summed E-state index contributed by atoms with van der Waals surface area (Å²) >= 11 is 1.48. The first-order valence-electron chi connectivity index (χ1n) is 10.5. The average Bonchev–Trinajstić information content (AvgIpc) is 3.20. The van der Waals surface area contributed by atoms with Crippen LogP contribution in [0.2, 0.25) is 0 Å². The molecule has 2 heterocycles. The van der Waals surface area contributed by atoms with Crippen molar-refractivity contribution < 1.29 is 19.5 Å². The van der Waals surface area contributed by atoms with E-state index in [0.717, 1.165) is 15.2 Å². The number of likely N-dealkylation sites (N-methyl/N-ethyl adjacent to an activating group) is 1. The van der Waals surface area contributed by atoms with E-state index in [0.29, 0.717) is 0 Å². The van der Waals surface area contributed by atoms with Crippen LogP contribution in [0.1, 0.15) is 17.8 Å². The molecular formula is C23H25N5O5S. The van der Waals surface area contributed by atoms with Gasteiger partial charge in [-0.15, -0.1) is 11.3 Å². The topological polar surface area (TPSA) is 134 Å². The second-order valence-electron chi connectivity index (χ2n) is 7.63.